The highest BCUT2D eigenvalue weighted by Gasteiger charge is 2.18. The molecule has 7 nitrogen and oxygen atoms in total. The summed E-state index contributed by atoms with van der Waals surface area (Å²) in [6.45, 7) is 2.42. The number of hydrogen-bond donors (Lipinski definition) is 2. The monoisotopic (exact) mass is 349 g/mol. The van der Waals surface area contributed by atoms with Crippen molar-refractivity contribution in [3.05, 3.63) is 59.5 Å². The maximum absolute atomic E-state index is 4.75. The largest absolute Gasteiger partial charge is 0.366 e. The van der Waals surface area contributed by atoms with Crippen molar-refractivity contribution < 1.29 is 0 Å². The Bertz CT molecular complexity index is 887. The van der Waals surface area contributed by atoms with Crippen molar-refractivity contribution in [2.75, 3.05) is 30.9 Å². The van der Waals surface area contributed by atoms with Crippen LogP contribution in [0, 0.1) is 0 Å². The highest BCUT2D eigenvalue weighted by molar-refractivity contribution is 5.53. The Hall–Kier alpha value is -2.93. The molecule has 0 unspecified atom stereocenters. The second kappa shape index (κ2) is 7.13. The van der Waals surface area contributed by atoms with E-state index >= 15 is 0 Å². The quantitative estimate of drug-likeness (QED) is 0.734. The van der Waals surface area contributed by atoms with Gasteiger partial charge in [-0.05, 0) is 30.7 Å². The first-order valence-electron chi connectivity index (χ1n) is 8.82. The Morgan fingerprint density at radius 2 is 2.08 bits per heavy atom. The van der Waals surface area contributed by atoms with E-state index in [4.69, 9.17) is 4.98 Å². The summed E-state index contributed by atoms with van der Waals surface area (Å²) in [5.74, 6) is 1.66. The van der Waals surface area contributed by atoms with Crippen LogP contribution >= 0.6 is 0 Å². The number of nitrogens with one attached hydrogen (secondary N) is 2. The van der Waals surface area contributed by atoms with Crippen LogP contribution in [0.2, 0.25) is 0 Å². The molecule has 7 heteroatoms. The molecule has 3 heterocycles. The molecule has 0 radical (unpaired) electrons. The molecule has 0 atom stereocenters. The summed E-state index contributed by atoms with van der Waals surface area (Å²) in [4.78, 5) is 11.4. The predicted molar refractivity (Wildman–Crippen MR) is 103 cm³/mol. The van der Waals surface area contributed by atoms with Crippen LogP contribution in [-0.4, -0.2) is 40.4 Å². The lowest BCUT2D eigenvalue weighted by molar-refractivity contribution is 0.623. The molecule has 0 amide bonds. The normalized spacial score (nSPS) is 13.3. The maximum atomic E-state index is 4.75. The summed E-state index contributed by atoms with van der Waals surface area (Å²) in [6, 6.07) is 10.2. The van der Waals surface area contributed by atoms with Gasteiger partial charge in [0.25, 0.3) is 0 Å². The summed E-state index contributed by atoms with van der Waals surface area (Å²) in [6.07, 6.45) is 4.69. The Morgan fingerprint density at radius 3 is 2.88 bits per heavy atom. The van der Waals surface area contributed by atoms with Crippen molar-refractivity contribution in [2.45, 2.75) is 19.5 Å². The highest BCUT2D eigenvalue weighted by atomic mass is 15.3. The molecule has 26 heavy (non-hydrogen) atoms. The van der Waals surface area contributed by atoms with Gasteiger partial charge in [0.1, 0.15) is 5.82 Å². The highest BCUT2D eigenvalue weighted by Crippen LogP contribution is 2.24. The fourth-order valence-corrected chi connectivity index (χ4v) is 3.17. The molecule has 1 aliphatic rings. The number of benzene rings is 1. The molecular formula is C19H23N7. The van der Waals surface area contributed by atoms with E-state index in [1.807, 2.05) is 42.0 Å². The Kier molecular flexibility index (Phi) is 4.53. The van der Waals surface area contributed by atoms with Crippen LogP contribution in [0.1, 0.15) is 16.8 Å². The van der Waals surface area contributed by atoms with E-state index in [0.717, 1.165) is 42.7 Å². The van der Waals surface area contributed by atoms with E-state index in [1.165, 1.54) is 11.1 Å². The number of hydrogen-bond acceptors (Lipinski definition) is 6. The van der Waals surface area contributed by atoms with Crippen molar-refractivity contribution in [3.63, 3.8) is 0 Å². The van der Waals surface area contributed by atoms with Gasteiger partial charge in [0.2, 0.25) is 5.95 Å². The summed E-state index contributed by atoms with van der Waals surface area (Å²) < 4.78 is 1.89. The lowest BCUT2D eigenvalue weighted by atomic mass is 10.1. The third-order valence-corrected chi connectivity index (χ3v) is 4.51. The molecule has 1 aromatic carbocycles. The van der Waals surface area contributed by atoms with Crippen molar-refractivity contribution >= 4 is 11.8 Å². The van der Waals surface area contributed by atoms with E-state index in [9.17, 15) is 0 Å². The number of para-hydroxylation sites is 1. The topological polar surface area (TPSA) is 70.9 Å². The second-order valence-corrected chi connectivity index (χ2v) is 6.55. The molecule has 2 N–H and O–H groups in total. The van der Waals surface area contributed by atoms with E-state index in [2.05, 4.69) is 38.9 Å². The standard InChI is InChI=1S/C19H23N7/c1-25(2)19-23-16-13-20-10-8-15(16)18(24-19)21-12-14-6-3-4-7-17(14)26-11-5-9-22-26/h3-7,9,11,20H,8,10,12-13H2,1-2H3,(H,21,23,24). The first-order valence-corrected chi connectivity index (χ1v) is 8.82. The van der Waals surface area contributed by atoms with E-state index in [1.54, 1.807) is 6.20 Å². The number of anilines is 2. The van der Waals surface area contributed by atoms with E-state index < -0.39 is 0 Å². The molecule has 4 rings (SSSR count). The number of fused-ring (bicyclic) bond motifs is 1. The molecule has 0 aliphatic carbocycles. The van der Waals surface area contributed by atoms with Crippen LogP contribution in [0.5, 0.6) is 0 Å². The van der Waals surface area contributed by atoms with E-state index in [0.29, 0.717) is 6.54 Å². The van der Waals surface area contributed by atoms with Crippen molar-refractivity contribution in [3.8, 4) is 5.69 Å². The zero-order chi connectivity index (χ0) is 17.9. The molecule has 2 aromatic heterocycles. The zero-order valence-electron chi connectivity index (χ0n) is 15.1. The second-order valence-electron chi connectivity index (χ2n) is 6.55. The summed E-state index contributed by atoms with van der Waals surface area (Å²) in [5, 5.41) is 11.3. The van der Waals surface area contributed by atoms with Crippen molar-refractivity contribution in [2.24, 2.45) is 0 Å². The van der Waals surface area contributed by atoms with Crippen LogP contribution in [0.3, 0.4) is 0 Å². The number of rotatable bonds is 5. The van der Waals surface area contributed by atoms with Gasteiger partial charge < -0.3 is 15.5 Å². The molecule has 0 saturated heterocycles. The predicted octanol–water partition coefficient (Wildman–Crippen LogP) is 1.99. The third kappa shape index (κ3) is 3.25. The van der Waals surface area contributed by atoms with Crippen LogP contribution in [-0.2, 0) is 19.5 Å². The average Bonchev–Trinajstić information content (AvgIpc) is 3.20. The summed E-state index contributed by atoms with van der Waals surface area (Å²) in [7, 11) is 3.93. The molecular weight excluding hydrogens is 326 g/mol. The Balaban J connectivity index is 1.64. The Morgan fingerprint density at radius 1 is 1.19 bits per heavy atom. The average molecular weight is 349 g/mol. The lowest BCUT2D eigenvalue weighted by Gasteiger charge is -2.22. The SMILES string of the molecule is CN(C)c1nc2c(c(NCc3ccccc3-n3cccn3)n1)CCNC2. The van der Waals surface area contributed by atoms with E-state index in [-0.39, 0.29) is 0 Å². The smallest absolute Gasteiger partial charge is 0.227 e. The number of nitrogens with zero attached hydrogens (tertiary/aromatic N) is 5. The van der Waals surface area contributed by atoms with Gasteiger partial charge in [-0.1, -0.05) is 18.2 Å². The van der Waals surface area contributed by atoms with Gasteiger partial charge in [-0.2, -0.15) is 10.1 Å². The first kappa shape index (κ1) is 16.5. The maximum Gasteiger partial charge on any atom is 0.227 e. The molecule has 1 aliphatic heterocycles. The molecule has 3 aromatic rings. The third-order valence-electron chi connectivity index (χ3n) is 4.51. The van der Waals surface area contributed by atoms with Crippen LogP contribution in [0.25, 0.3) is 5.69 Å². The summed E-state index contributed by atoms with van der Waals surface area (Å²) >= 11 is 0. The molecule has 0 fully saturated rings. The molecule has 134 valence electrons. The van der Waals surface area contributed by atoms with Gasteiger partial charge in [-0.3, -0.25) is 0 Å². The molecule has 0 spiro atoms. The minimum absolute atomic E-state index is 0.680. The minimum Gasteiger partial charge on any atom is -0.366 e. The lowest BCUT2D eigenvalue weighted by Crippen LogP contribution is -2.28. The van der Waals surface area contributed by atoms with Gasteiger partial charge in [0.05, 0.1) is 11.4 Å². The van der Waals surface area contributed by atoms with Gasteiger partial charge in [0, 0.05) is 45.1 Å². The fraction of sp³-hybridized carbons (Fsp3) is 0.316. The van der Waals surface area contributed by atoms with Gasteiger partial charge in [-0.25, -0.2) is 9.67 Å². The zero-order valence-corrected chi connectivity index (χ0v) is 15.1. The van der Waals surface area contributed by atoms with Gasteiger partial charge in [-0.15, -0.1) is 0 Å². The Labute approximate surface area is 153 Å². The van der Waals surface area contributed by atoms with Crippen molar-refractivity contribution in [1.82, 2.24) is 25.1 Å². The van der Waals surface area contributed by atoms with Crippen LogP contribution in [0.15, 0.2) is 42.7 Å². The number of aromatic nitrogens is 4. The van der Waals surface area contributed by atoms with Gasteiger partial charge in [0.15, 0.2) is 0 Å². The van der Waals surface area contributed by atoms with Gasteiger partial charge >= 0.3 is 0 Å². The van der Waals surface area contributed by atoms with Crippen LogP contribution < -0.4 is 15.5 Å². The first-order chi connectivity index (χ1) is 12.7. The van der Waals surface area contributed by atoms with Crippen LogP contribution in [0.4, 0.5) is 11.8 Å². The fourth-order valence-electron chi connectivity index (χ4n) is 3.17. The molecule has 0 bridgehead atoms. The minimum atomic E-state index is 0.680. The van der Waals surface area contributed by atoms with Crippen molar-refractivity contribution in [1.29, 1.82) is 0 Å². The summed E-state index contributed by atoms with van der Waals surface area (Å²) in [5.41, 5.74) is 4.54. The molecule has 0 saturated carbocycles.